The van der Waals surface area contributed by atoms with Gasteiger partial charge in [-0.25, -0.2) is 0 Å². The minimum Gasteiger partial charge on any atom is -1.00 e. The van der Waals surface area contributed by atoms with Crippen LogP contribution in [-0.2, 0) is 20.4 Å². The van der Waals surface area contributed by atoms with Crippen LogP contribution in [0.5, 0.6) is 0 Å². The zero-order valence-electron chi connectivity index (χ0n) is 12.2. The first-order valence-electron chi connectivity index (χ1n) is 6.07. The molecule has 1 aromatic carbocycles. The third-order valence-electron chi connectivity index (χ3n) is 3.99. The van der Waals surface area contributed by atoms with Crippen molar-refractivity contribution in [2.75, 3.05) is 0 Å². The predicted molar refractivity (Wildman–Crippen MR) is 73.8 cm³/mol. The van der Waals surface area contributed by atoms with Gasteiger partial charge >= 0.3 is 118 Å². The molecule has 1 unspecified atom stereocenters. The van der Waals surface area contributed by atoms with Crippen molar-refractivity contribution in [2.24, 2.45) is 0 Å². The second-order valence-electron chi connectivity index (χ2n) is 5.51. The Balaban J connectivity index is 0. The molecule has 2 rings (SSSR count). The van der Waals surface area contributed by atoms with Gasteiger partial charge in [-0.2, -0.15) is 0 Å². The van der Waals surface area contributed by atoms with Crippen LogP contribution in [0.15, 0.2) is 53.6 Å². The summed E-state index contributed by atoms with van der Waals surface area (Å²) < 4.78 is 0.262. The summed E-state index contributed by atoms with van der Waals surface area (Å²) in [6.45, 7) is 9.46. The topological polar surface area (TPSA) is 0 Å². The van der Waals surface area contributed by atoms with Gasteiger partial charge in [0.25, 0.3) is 0 Å². The predicted octanol–water partition coefficient (Wildman–Crippen LogP) is -5.24. The number of rotatable bonds is 2. The molecule has 0 N–H and O–H groups in total. The smallest absolute Gasteiger partial charge is 1.00 e. The van der Waals surface area contributed by atoms with Crippen molar-refractivity contribution in [3.05, 3.63) is 53.6 Å². The Kier molecular flexibility index (Phi) is 9.36. The Bertz CT molecular complexity index is 497. The van der Waals surface area contributed by atoms with Gasteiger partial charge in [0, 0.05) is 0 Å². The molecule has 0 aliphatic heterocycles. The second-order valence-corrected chi connectivity index (χ2v) is 12.1. The fourth-order valence-electron chi connectivity index (χ4n) is 2.71. The van der Waals surface area contributed by atoms with Crippen molar-refractivity contribution in [1.82, 2.24) is 0 Å². The van der Waals surface area contributed by atoms with E-state index in [9.17, 15) is 0 Å². The van der Waals surface area contributed by atoms with E-state index in [1.807, 2.05) is 0 Å². The van der Waals surface area contributed by atoms with Gasteiger partial charge in [-0.3, -0.25) is 0 Å². The van der Waals surface area contributed by atoms with E-state index in [1.54, 1.807) is 5.19 Å². The van der Waals surface area contributed by atoms with Crippen molar-refractivity contribution < 1.29 is 57.7 Å². The van der Waals surface area contributed by atoms with Crippen molar-refractivity contribution in [3.8, 4) is 0 Å². The molecular formula is C15H19Cl3SiTi. The SMILES string of the molecule is CC1=C[C]([Ti+3])([Si](C)(C)c2ccccc2)C(C)=C1.[Cl-].[Cl-].[Cl-]. The first kappa shape index (κ1) is 22.8. The van der Waals surface area contributed by atoms with Gasteiger partial charge in [-0.15, -0.1) is 0 Å². The molecule has 20 heavy (non-hydrogen) atoms. The Hall–Kier alpha value is 0.501. The van der Waals surface area contributed by atoms with E-state index in [2.05, 4.69) is 89.9 Å². The van der Waals surface area contributed by atoms with E-state index < -0.39 is 8.07 Å². The van der Waals surface area contributed by atoms with Crippen molar-refractivity contribution in [1.29, 1.82) is 0 Å². The molecule has 5 heteroatoms. The van der Waals surface area contributed by atoms with Gasteiger partial charge in [0.1, 0.15) is 0 Å². The summed E-state index contributed by atoms with van der Waals surface area (Å²) in [5.74, 6) is 0. The monoisotopic (exact) mass is 380 g/mol. The number of benzene rings is 1. The minimum absolute atomic E-state index is 0. The summed E-state index contributed by atoms with van der Waals surface area (Å²) in [4.78, 5) is 0. The van der Waals surface area contributed by atoms with Crippen molar-refractivity contribution in [2.45, 2.75) is 30.3 Å². The van der Waals surface area contributed by atoms with Crippen molar-refractivity contribution in [3.63, 3.8) is 0 Å². The van der Waals surface area contributed by atoms with Crippen LogP contribution < -0.4 is 42.4 Å². The first-order valence-corrected chi connectivity index (χ1v) is 9.85. The van der Waals surface area contributed by atoms with Crippen LogP contribution in [-0.4, -0.2) is 8.07 Å². The van der Waals surface area contributed by atoms with E-state index in [4.69, 9.17) is 0 Å². The molecule has 1 aliphatic carbocycles. The first-order chi connectivity index (χ1) is 7.88. The number of hydrogen-bond donors (Lipinski definition) is 0. The molecule has 0 nitrogen and oxygen atoms in total. The molecule has 0 fully saturated rings. The maximum atomic E-state index is 2.48. The van der Waals surface area contributed by atoms with E-state index in [0.717, 1.165) is 0 Å². The van der Waals surface area contributed by atoms with Gasteiger partial charge in [0.2, 0.25) is 0 Å². The largest absolute Gasteiger partial charge is 1.00 e. The van der Waals surface area contributed by atoms with Crippen LogP contribution in [0.3, 0.4) is 0 Å². The van der Waals surface area contributed by atoms with Crippen LogP contribution in [0, 0.1) is 0 Å². The Morgan fingerprint density at radius 2 is 1.45 bits per heavy atom. The van der Waals surface area contributed by atoms with Crippen LogP contribution in [0.1, 0.15) is 13.8 Å². The number of halogens is 3. The fraction of sp³-hybridized carbons (Fsp3) is 0.333. The van der Waals surface area contributed by atoms with Gasteiger partial charge in [0.15, 0.2) is 0 Å². The van der Waals surface area contributed by atoms with E-state index in [0.29, 0.717) is 0 Å². The summed E-state index contributed by atoms with van der Waals surface area (Å²) in [5.41, 5.74) is 2.94. The van der Waals surface area contributed by atoms with Gasteiger partial charge in [-0.05, 0) is 0 Å². The van der Waals surface area contributed by atoms with Crippen LogP contribution in [0.25, 0.3) is 0 Å². The van der Waals surface area contributed by atoms with E-state index in [1.165, 1.54) is 11.1 Å². The molecule has 0 aromatic heterocycles. The second kappa shape index (κ2) is 8.22. The zero-order valence-corrected chi connectivity index (χ0v) is 17.0. The number of hydrogen-bond acceptors (Lipinski definition) is 0. The molecule has 108 valence electrons. The molecule has 1 atom stereocenters. The molecule has 0 bridgehead atoms. The van der Waals surface area contributed by atoms with Gasteiger partial charge in [0.05, 0.1) is 0 Å². The van der Waals surface area contributed by atoms with Gasteiger partial charge < -0.3 is 37.2 Å². The molecule has 0 saturated carbocycles. The number of allylic oxidation sites excluding steroid dienone is 4. The average Bonchev–Trinajstić information content (AvgIpc) is 2.55. The molecular weight excluding hydrogens is 362 g/mol. The summed E-state index contributed by atoms with van der Waals surface area (Å²) in [5, 5.41) is 1.54. The third kappa shape index (κ3) is 3.82. The molecule has 0 heterocycles. The molecule has 0 saturated heterocycles. The Labute approximate surface area is 154 Å². The fourth-order valence-corrected chi connectivity index (χ4v) is 6.98. The molecule has 0 spiro atoms. The minimum atomic E-state index is -1.52. The van der Waals surface area contributed by atoms with E-state index >= 15 is 0 Å². The van der Waals surface area contributed by atoms with Crippen LogP contribution >= 0.6 is 0 Å². The summed E-state index contributed by atoms with van der Waals surface area (Å²) in [6.07, 6.45) is 4.82. The van der Waals surface area contributed by atoms with Crippen LogP contribution in [0.4, 0.5) is 0 Å². The quantitative estimate of drug-likeness (QED) is 0.449. The van der Waals surface area contributed by atoms with E-state index in [-0.39, 0.29) is 40.6 Å². The zero-order chi connectivity index (χ0) is 12.7. The maximum Gasteiger partial charge on any atom is -1.00 e. The Morgan fingerprint density at radius 1 is 0.950 bits per heavy atom. The summed E-state index contributed by atoms with van der Waals surface area (Å²) in [6, 6.07) is 11.0. The molecule has 0 radical (unpaired) electrons. The average molecular weight is 382 g/mol. The third-order valence-corrected chi connectivity index (χ3v) is 12.0. The van der Waals surface area contributed by atoms with Crippen molar-refractivity contribution >= 4 is 13.3 Å². The summed E-state index contributed by atoms with van der Waals surface area (Å²) in [7, 11) is -1.52. The van der Waals surface area contributed by atoms with Crippen LogP contribution in [0.2, 0.25) is 16.4 Å². The maximum absolute atomic E-state index is 2.48. The normalized spacial score (nSPS) is 20.9. The molecule has 0 amide bonds. The van der Waals surface area contributed by atoms with Gasteiger partial charge in [-0.1, -0.05) is 0 Å². The molecule has 1 aliphatic rings. The molecule has 1 aromatic rings. The standard InChI is InChI=1S/C15H19Si.3ClH.Ti/c1-12-10-13(2)15(11-12)16(3,4)14-8-6-5-7-9-14;;;;/h5-11H,1-4H3;3*1H;/q;;;;+3/p-3. The summed E-state index contributed by atoms with van der Waals surface area (Å²) >= 11 is 2.41. The Morgan fingerprint density at radius 3 is 1.85 bits per heavy atom.